The highest BCUT2D eigenvalue weighted by molar-refractivity contribution is 7.47. The quantitative estimate of drug-likeness (QED) is 0.0222. The number of rotatable bonds is 71. The van der Waals surface area contributed by atoms with E-state index in [0.717, 1.165) is 102 Å². The van der Waals surface area contributed by atoms with Crippen LogP contribution in [0, 0.1) is 5.92 Å². The van der Waals surface area contributed by atoms with E-state index < -0.39 is 97.5 Å². The molecular formula is C71H138O17P2. The second-order valence-corrected chi connectivity index (χ2v) is 28.8. The lowest BCUT2D eigenvalue weighted by Crippen LogP contribution is -2.30. The monoisotopic (exact) mass is 1320 g/mol. The fourth-order valence-electron chi connectivity index (χ4n) is 10.8. The summed E-state index contributed by atoms with van der Waals surface area (Å²) in [6, 6.07) is 0. The van der Waals surface area contributed by atoms with Crippen molar-refractivity contribution in [3.8, 4) is 0 Å². The fraction of sp³-hybridized carbons (Fsp3) is 0.944. The molecule has 90 heavy (non-hydrogen) atoms. The minimum atomic E-state index is -4.95. The lowest BCUT2D eigenvalue weighted by atomic mass is 10.00. The SMILES string of the molecule is CCCCCCCCCCCCCCCCCCC(=O)O[C@H](COC(=O)CCCCCCCCCCCCCC)COP(=O)(O)OC[C@@H](O)COP(=O)(O)OC[C@@H](COC(=O)CCCCCCCCC(C)CC)OC(=O)CCCCCCCCCCCCCC. The topological polar surface area (TPSA) is 237 Å². The molecule has 0 saturated carbocycles. The number of aliphatic hydroxyl groups excluding tert-OH is 1. The number of carbonyl (C=O) groups excluding carboxylic acids is 4. The first-order valence-corrected chi connectivity index (χ1v) is 40.2. The van der Waals surface area contributed by atoms with Crippen molar-refractivity contribution in [2.75, 3.05) is 39.6 Å². The molecule has 0 amide bonds. The molecule has 0 aliphatic heterocycles. The van der Waals surface area contributed by atoms with Gasteiger partial charge in [-0.15, -0.1) is 0 Å². The van der Waals surface area contributed by atoms with Crippen LogP contribution in [0.5, 0.6) is 0 Å². The van der Waals surface area contributed by atoms with E-state index in [-0.39, 0.29) is 25.7 Å². The molecule has 0 bridgehead atoms. The number of hydrogen-bond acceptors (Lipinski definition) is 15. The van der Waals surface area contributed by atoms with Crippen molar-refractivity contribution in [1.82, 2.24) is 0 Å². The van der Waals surface area contributed by atoms with Crippen LogP contribution in [-0.2, 0) is 65.4 Å². The van der Waals surface area contributed by atoms with Crippen LogP contribution in [0.1, 0.15) is 369 Å². The molecule has 0 aliphatic rings. The summed E-state index contributed by atoms with van der Waals surface area (Å²) >= 11 is 0. The van der Waals surface area contributed by atoms with Crippen LogP contribution < -0.4 is 0 Å². The van der Waals surface area contributed by atoms with E-state index in [9.17, 15) is 43.2 Å². The summed E-state index contributed by atoms with van der Waals surface area (Å²) in [5.74, 6) is -1.39. The molecule has 0 rings (SSSR count). The second-order valence-electron chi connectivity index (χ2n) is 25.9. The van der Waals surface area contributed by atoms with Gasteiger partial charge in [-0.05, 0) is 31.6 Å². The Bertz CT molecular complexity index is 1740. The van der Waals surface area contributed by atoms with Gasteiger partial charge in [0.05, 0.1) is 26.4 Å². The minimum absolute atomic E-state index is 0.107. The predicted molar refractivity (Wildman–Crippen MR) is 363 cm³/mol. The second kappa shape index (κ2) is 64.4. The highest BCUT2D eigenvalue weighted by Crippen LogP contribution is 2.45. The van der Waals surface area contributed by atoms with Crippen molar-refractivity contribution < 1.29 is 80.2 Å². The maximum Gasteiger partial charge on any atom is 0.472 e. The highest BCUT2D eigenvalue weighted by atomic mass is 31.2. The number of esters is 4. The van der Waals surface area contributed by atoms with Gasteiger partial charge in [0.2, 0.25) is 0 Å². The molecule has 534 valence electrons. The number of hydrogen-bond donors (Lipinski definition) is 3. The molecular weight excluding hydrogens is 1190 g/mol. The number of aliphatic hydroxyl groups is 1. The van der Waals surface area contributed by atoms with Crippen LogP contribution in [0.2, 0.25) is 0 Å². The van der Waals surface area contributed by atoms with Crippen LogP contribution in [-0.4, -0.2) is 96.7 Å². The van der Waals surface area contributed by atoms with Gasteiger partial charge in [-0.3, -0.25) is 37.3 Å². The first-order valence-electron chi connectivity index (χ1n) is 37.2. The van der Waals surface area contributed by atoms with Crippen molar-refractivity contribution in [1.29, 1.82) is 0 Å². The number of phosphoric acid groups is 2. The molecule has 0 aromatic heterocycles. The molecule has 3 N–H and O–H groups in total. The number of ether oxygens (including phenoxy) is 4. The standard InChI is InChI=1S/C71H138O17P2/c1-6-10-13-16-19-22-25-28-29-30-31-34-37-40-47-52-57-71(76)87-66(60-81-68(73)54-49-44-38-35-32-26-23-20-17-14-11-7-2)62-85-89(77,78)83-58-65(72)59-84-90(79,80)86-63-67(61-82-69(74)55-50-45-42-41-43-48-53-64(5)9-4)88-70(75)56-51-46-39-36-33-27-24-21-18-15-12-8-3/h64-67,72H,6-63H2,1-5H3,(H,77,78)(H,79,80)/t64?,65-,66-,67-/m1/s1. The van der Waals surface area contributed by atoms with Crippen molar-refractivity contribution >= 4 is 39.5 Å². The van der Waals surface area contributed by atoms with E-state index in [0.29, 0.717) is 25.7 Å². The average molecular weight is 1330 g/mol. The molecule has 0 saturated heterocycles. The van der Waals surface area contributed by atoms with E-state index in [2.05, 4.69) is 34.6 Å². The minimum Gasteiger partial charge on any atom is -0.462 e. The molecule has 0 heterocycles. The Balaban J connectivity index is 5.24. The van der Waals surface area contributed by atoms with Gasteiger partial charge in [0.1, 0.15) is 19.3 Å². The number of unbranched alkanes of at least 4 members (excludes halogenated alkanes) is 42. The van der Waals surface area contributed by atoms with Gasteiger partial charge in [0.25, 0.3) is 0 Å². The Hall–Kier alpha value is -1.94. The molecule has 0 radical (unpaired) electrons. The van der Waals surface area contributed by atoms with Gasteiger partial charge in [-0.25, -0.2) is 9.13 Å². The normalized spacial score (nSPS) is 14.4. The Morgan fingerprint density at radius 3 is 0.789 bits per heavy atom. The third kappa shape index (κ3) is 63.5. The first-order chi connectivity index (χ1) is 43.6. The Morgan fingerprint density at radius 2 is 0.533 bits per heavy atom. The van der Waals surface area contributed by atoms with Crippen molar-refractivity contribution in [2.45, 2.75) is 387 Å². The lowest BCUT2D eigenvalue weighted by molar-refractivity contribution is -0.161. The summed E-state index contributed by atoms with van der Waals surface area (Å²) in [4.78, 5) is 72.6. The number of carbonyl (C=O) groups is 4. The van der Waals surface area contributed by atoms with E-state index in [4.69, 9.17) is 37.0 Å². The van der Waals surface area contributed by atoms with Gasteiger partial charge in [0, 0.05) is 25.7 Å². The fourth-order valence-corrected chi connectivity index (χ4v) is 12.4. The first kappa shape index (κ1) is 88.1. The molecule has 0 spiro atoms. The van der Waals surface area contributed by atoms with Crippen LogP contribution in [0.25, 0.3) is 0 Å². The Labute approximate surface area is 549 Å². The molecule has 0 aromatic rings. The van der Waals surface area contributed by atoms with Gasteiger partial charge in [0.15, 0.2) is 12.2 Å². The van der Waals surface area contributed by atoms with Gasteiger partial charge in [-0.2, -0.15) is 0 Å². The Kier molecular flexibility index (Phi) is 63.0. The zero-order valence-corrected chi connectivity index (χ0v) is 60.1. The zero-order valence-electron chi connectivity index (χ0n) is 58.3. The third-order valence-electron chi connectivity index (χ3n) is 16.9. The summed E-state index contributed by atoms with van der Waals surface area (Å²) in [5.41, 5.74) is 0. The van der Waals surface area contributed by atoms with E-state index in [1.165, 1.54) is 186 Å². The van der Waals surface area contributed by atoms with Gasteiger partial charge < -0.3 is 33.8 Å². The maximum absolute atomic E-state index is 13.0. The molecule has 0 aliphatic carbocycles. The van der Waals surface area contributed by atoms with Crippen molar-refractivity contribution in [3.05, 3.63) is 0 Å². The Morgan fingerprint density at radius 1 is 0.311 bits per heavy atom. The maximum atomic E-state index is 13.0. The summed E-state index contributed by atoms with van der Waals surface area (Å²) in [6.45, 7) is 7.22. The average Bonchev–Trinajstić information content (AvgIpc) is 3.01. The smallest absolute Gasteiger partial charge is 0.462 e. The zero-order chi connectivity index (χ0) is 66.3. The predicted octanol–water partition coefficient (Wildman–Crippen LogP) is 20.5. The van der Waals surface area contributed by atoms with Crippen molar-refractivity contribution in [3.63, 3.8) is 0 Å². The molecule has 0 aromatic carbocycles. The lowest BCUT2D eigenvalue weighted by Gasteiger charge is -2.21. The van der Waals surface area contributed by atoms with Crippen LogP contribution in [0.15, 0.2) is 0 Å². The largest absolute Gasteiger partial charge is 0.472 e. The van der Waals surface area contributed by atoms with Gasteiger partial charge >= 0.3 is 39.5 Å². The third-order valence-corrected chi connectivity index (χ3v) is 18.8. The summed E-state index contributed by atoms with van der Waals surface area (Å²) in [7, 11) is -9.90. The highest BCUT2D eigenvalue weighted by Gasteiger charge is 2.30. The number of phosphoric ester groups is 2. The molecule has 0 fully saturated rings. The van der Waals surface area contributed by atoms with Crippen LogP contribution in [0.3, 0.4) is 0 Å². The molecule has 19 heteroatoms. The summed E-state index contributed by atoms with van der Waals surface area (Å²) in [6.07, 6.45) is 51.2. The van der Waals surface area contributed by atoms with Crippen LogP contribution in [0.4, 0.5) is 0 Å². The summed E-state index contributed by atoms with van der Waals surface area (Å²) < 4.78 is 68.3. The van der Waals surface area contributed by atoms with Gasteiger partial charge in [-0.1, -0.05) is 317 Å². The molecule has 17 nitrogen and oxygen atoms in total. The van der Waals surface area contributed by atoms with Crippen molar-refractivity contribution in [2.24, 2.45) is 5.92 Å². The molecule has 3 unspecified atom stereocenters. The van der Waals surface area contributed by atoms with E-state index in [1.807, 2.05) is 0 Å². The van der Waals surface area contributed by atoms with Crippen LogP contribution >= 0.6 is 15.6 Å². The summed E-state index contributed by atoms with van der Waals surface area (Å²) in [5, 5.41) is 10.6. The molecule has 6 atom stereocenters. The van der Waals surface area contributed by atoms with E-state index in [1.54, 1.807) is 0 Å². The van der Waals surface area contributed by atoms with E-state index >= 15 is 0 Å².